The summed E-state index contributed by atoms with van der Waals surface area (Å²) in [6.07, 6.45) is 0. The van der Waals surface area contributed by atoms with Gasteiger partial charge in [-0.2, -0.15) is 0 Å². The summed E-state index contributed by atoms with van der Waals surface area (Å²) >= 11 is 1.60. The summed E-state index contributed by atoms with van der Waals surface area (Å²) < 4.78 is 5.61. The fraction of sp³-hybridized carbons (Fsp3) is 0.167. The number of oxime groups is 1. The van der Waals surface area contributed by atoms with E-state index in [1.165, 1.54) is 0 Å². The maximum absolute atomic E-state index is 8.72. The molecule has 2 aromatic heterocycles. The summed E-state index contributed by atoms with van der Waals surface area (Å²) in [4.78, 5) is 5.34. The number of aryl methyl sites for hydroxylation is 1. The van der Waals surface area contributed by atoms with Gasteiger partial charge >= 0.3 is 0 Å². The molecule has 2 rings (SSSR count). The monoisotopic (exact) mass is 263 g/mol. The van der Waals surface area contributed by atoms with E-state index >= 15 is 0 Å². The third kappa shape index (κ3) is 2.78. The highest BCUT2D eigenvalue weighted by atomic mass is 32.1. The zero-order valence-electron chi connectivity index (χ0n) is 9.83. The van der Waals surface area contributed by atoms with E-state index in [0.29, 0.717) is 18.1 Å². The molecular formula is C12H13N3O2S. The lowest BCUT2D eigenvalue weighted by Gasteiger charge is -2.09. The number of pyridine rings is 1. The van der Waals surface area contributed by atoms with Crippen LogP contribution in [0.1, 0.15) is 16.1 Å². The molecule has 0 saturated carbocycles. The van der Waals surface area contributed by atoms with Crippen molar-refractivity contribution in [1.29, 1.82) is 0 Å². The third-order valence-electron chi connectivity index (χ3n) is 2.31. The zero-order valence-corrected chi connectivity index (χ0v) is 10.6. The van der Waals surface area contributed by atoms with Crippen LogP contribution in [0.5, 0.6) is 5.88 Å². The van der Waals surface area contributed by atoms with Gasteiger partial charge in [-0.1, -0.05) is 11.2 Å². The quantitative estimate of drug-likeness (QED) is 0.383. The van der Waals surface area contributed by atoms with Gasteiger partial charge in [-0.15, -0.1) is 11.3 Å². The van der Waals surface area contributed by atoms with Gasteiger partial charge in [-0.3, -0.25) is 0 Å². The van der Waals surface area contributed by atoms with E-state index in [-0.39, 0.29) is 5.84 Å². The van der Waals surface area contributed by atoms with Crippen LogP contribution in [0, 0.1) is 6.92 Å². The van der Waals surface area contributed by atoms with Crippen LogP contribution in [0.25, 0.3) is 0 Å². The van der Waals surface area contributed by atoms with Crippen LogP contribution in [0.15, 0.2) is 34.8 Å². The van der Waals surface area contributed by atoms with E-state index in [9.17, 15) is 0 Å². The third-order valence-corrected chi connectivity index (χ3v) is 3.16. The molecule has 18 heavy (non-hydrogen) atoms. The van der Waals surface area contributed by atoms with Crippen molar-refractivity contribution in [3.63, 3.8) is 0 Å². The fourth-order valence-corrected chi connectivity index (χ4v) is 2.04. The van der Waals surface area contributed by atoms with Crippen molar-refractivity contribution in [2.45, 2.75) is 13.5 Å². The molecule has 0 spiro atoms. The maximum atomic E-state index is 8.72. The maximum Gasteiger partial charge on any atom is 0.225 e. The summed E-state index contributed by atoms with van der Waals surface area (Å²) in [7, 11) is 0. The van der Waals surface area contributed by atoms with Gasteiger partial charge in [0.05, 0.1) is 5.56 Å². The number of nitrogens with zero attached hydrogens (tertiary/aromatic N) is 2. The Bertz CT molecular complexity index is 552. The first-order valence-electron chi connectivity index (χ1n) is 5.31. The lowest BCUT2D eigenvalue weighted by molar-refractivity contribution is 0.294. The summed E-state index contributed by atoms with van der Waals surface area (Å²) in [5.41, 5.74) is 6.87. The first-order valence-corrected chi connectivity index (χ1v) is 6.19. The summed E-state index contributed by atoms with van der Waals surface area (Å²) in [5.74, 6) is 0.363. The molecular weight excluding hydrogens is 250 g/mol. The van der Waals surface area contributed by atoms with Gasteiger partial charge in [-0.05, 0) is 30.5 Å². The number of rotatable bonds is 4. The molecule has 2 heterocycles. The second-order valence-electron chi connectivity index (χ2n) is 3.66. The van der Waals surface area contributed by atoms with E-state index in [4.69, 9.17) is 15.7 Å². The number of hydrogen-bond acceptors (Lipinski definition) is 5. The van der Waals surface area contributed by atoms with E-state index in [1.54, 1.807) is 23.5 Å². The van der Waals surface area contributed by atoms with Crippen molar-refractivity contribution in [3.05, 3.63) is 45.8 Å². The Hall–Kier alpha value is -2.08. The van der Waals surface area contributed by atoms with Gasteiger partial charge in [0, 0.05) is 10.6 Å². The van der Waals surface area contributed by atoms with E-state index < -0.39 is 0 Å². The van der Waals surface area contributed by atoms with E-state index in [1.807, 2.05) is 24.4 Å². The van der Waals surface area contributed by atoms with Gasteiger partial charge in [0.25, 0.3) is 0 Å². The van der Waals surface area contributed by atoms with Crippen LogP contribution < -0.4 is 10.5 Å². The highest BCUT2D eigenvalue weighted by Crippen LogP contribution is 2.18. The predicted octanol–water partition coefficient (Wildman–Crippen LogP) is 2.13. The average molecular weight is 263 g/mol. The Morgan fingerprint density at radius 1 is 1.50 bits per heavy atom. The molecule has 0 aromatic carbocycles. The molecule has 0 aliphatic carbocycles. The molecule has 0 aliphatic heterocycles. The fourth-order valence-electron chi connectivity index (χ4n) is 1.43. The summed E-state index contributed by atoms with van der Waals surface area (Å²) in [5, 5.41) is 13.7. The normalized spacial score (nSPS) is 11.5. The summed E-state index contributed by atoms with van der Waals surface area (Å²) in [6.45, 7) is 2.27. The highest BCUT2D eigenvalue weighted by Gasteiger charge is 2.10. The van der Waals surface area contributed by atoms with Gasteiger partial charge in [-0.25, -0.2) is 4.98 Å². The van der Waals surface area contributed by atoms with Crippen LogP contribution in [-0.2, 0) is 6.61 Å². The van der Waals surface area contributed by atoms with Gasteiger partial charge in [0.15, 0.2) is 5.84 Å². The van der Waals surface area contributed by atoms with Crippen LogP contribution in [-0.4, -0.2) is 16.0 Å². The van der Waals surface area contributed by atoms with Crippen molar-refractivity contribution < 1.29 is 9.94 Å². The molecule has 5 nitrogen and oxygen atoms in total. The van der Waals surface area contributed by atoms with Crippen LogP contribution in [0.3, 0.4) is 0 Å². The molecule has 3 N–H and O–H groups in total. The topological polar surface area (TPSA) is 80.7 Å². The van der Waals surface area contributed by atoms with Gasteiger partial charge < -0.3 is 15.7 Å². The predicted molar refractivity (Wildman–Crippen MR) is 70.1 cm³/mol. The molecule has 2 aromatic rings. The van der Waals surface area contributed by atoms with Crippen molar-refractivity contribution >= 4 is 17.2 Å². The smallest absolute Gasteiger partial charge is 0.225 e. The minimum Gasteiger partial charge on any atom is -0.471 e. The molecule has 0 fully saturated rings. The number of nitrogens with two attached hydrogens (primary N) is 1. The minimum absolute atomic E-state index is 0.0105. The Balaban J connectivity index is 2.22. The number of hydrogen-bond donors (Lipinski definition) is 2. The molecule has 0 bridgehead atoms. The minimum atomic E-state index is -0.0105. The standard InChI is InChI=1S/C12H13N3O2S/c1-8-4-5-10(11(13)15-16)12(14-8)17-7-9-3-2-6-18-9/h2-6,16H,7H2,1H3,(H2,13,15). The second-order valence-corrected chi connectivity index (χ2v) is 4.69. The molecule has 0 aliphatic rings. The first-order chi connectivity index (χ1) is 8.70. The number of ether oxygens (including phenoxy) is 1. The van der Waals surface area contributed by atoms with E-state index in [2.05, 4.69) is 10.1 Å². The molecule has 0 radical (unpaired) electrons. The largest absolute Gasteiger partial charge is 0.471 e. The number of thiophene rings is 1. The molecule has 0 atom stereocenters. The Labute approximate surface area is 109 Å². The van der Waals surface area contributed by atoms with Crippen molar-refractivity contribution in [2.75, 3.05) is 0 Å². The van der Waals surface area contributed by atoms with Crippen LogP contribution in [0.4, 0.5) is 0 Å². The lowest BCUT2D eigenvalue weighted by Crippen LogP contribution is -2.15. The Morgan fingerprint density at radius 2 is 2.33 bits per heavy atom. The van der Waals surface area contributed by atoms with Crippen molar-refractivity contribution in [3.8, 4) is 5.88 Å². The second kappa shape index (κ2) is 5.50. The van der Waals surface area contributed by atoms with Crippen molar-refractivity contribution in [2.24, 2.45) is 10.9 Å². The first kappa shape index (κ1) is 12.4. The Kier molecular flexibility index (Phi) is 3.78. The highest BCUT2D eigenvalue weighted by molar-refractivity contribution is 7.09. The van der Waals surface area contributed by atoms with Crippen molar-refractivity contribution in [1.82, 2.24) is 4.98 Å². The SMILES string of the molecule is Cc1ccc(C(N)=NO)c(OCc2cccs2)n1. The Morgan fingerprint density at radius 3 is 3.00 bits per heavy atom. The lowest BCUT2D eigenvalue weighted by atomic mass is 10.2. The van der Waals surface area contributed by atoms with E-state index in [0.717, 1.165) is 10.6 Å². The average Bonchev–Trinajstić information content (AvgIpc) is 2.88. The van der Waals surface area contributed by atoms with Gasteiger partial charge in [0.2, 0.25) is 5.88 Å². The zero-order chi connectivity index (χ0) is 13.0. The molecule has 94 valence electrons. The molecule has 0 amide bonds. The molecule has 0 unspecified atom stereocenters. The van der Waals surface area contributed by atoms with Gasteiger partial charge in [0.1, 0.15) is 6.61 Å². The number of aromatic nitrogens is 1. The summed E-state index contributed by atoms with van der Waals surface area (Å²) in [6, 6.07) is 7.44. The van der Waals surface area contributed by atoms with Crippen LogP contribution >= 0.6 is 11.3 Å². The van der Waals surface area contributed by atoms with Crippen LogP contribution in [0.2, 0.25) is 0 Å². The molecule has 6 heteroatoms. The molecule has 0 saturated heterocycles. The number of amidine groups is 1.